The smallest absolute Gasteiger partial charge is 0.0619 e. The van der Waals surface area contributed by atoms with E-state index in [0.29, 0.717) is 0 Å². The maximum atomic E-state index is 2.56. The Kier molecular flexibility index (Phi) is 5.94. The zero-order chi connectivity index (χ0) is 36.8. The first-order valence-corrected chi connectivity index (χ1v) is 19.8. The molecule has 0 amide bonds. The van der Waals surface area contributed by atoms with E-state index >= 15 is 0 Å². The molecule has 1 spiro atoms. The monoisotopic (exact) mass is 700 g/mol. The molecular weight excluding hydrogens is 661 g/mol. The van der Waals surface area contributed by atoms with Crippen LogP contribution in [-0.4, -0.2) is 0 Å². The van der Waals surface area contributed by atoms with E-state index in [4.69, 9.17) is 0 Å². The van der Waals surface area contributed by atoms with Gasteiger partial charge in [-0.3, -0.25) is 0 Å². The first-order valence-electron chi connectivity index (χ1n) is 19.8. The van der Waals surface area contributed by atoms with Gasteiger partial charge in [0.25, 0.3) is 0 Å². The van der Waals surface area contributed by atoms with Crippen molar-refractivity contribution in [1.82, 2.24) is 0 Å². The van der Waals surface area contributed by atoms with E-state index in [1.807, 2.05) is 0 Å². The fourth-order valence-electron chi connectivity index (χ4n) is 11.7. The zero-order valence-corrected chi connectivity index (χ0v) is 31.7. The largest absolute Gasteiger partial charge is 0.0725 e. The molecule has 260 valence electrons. The van der Waals surface area contributed by atoms with Gasteiger partial charge in [0, 0.05) is 10.8 Å². The van der Waals surface area contributed by atoms with Gasteiger partial charge < -0.3 is 0 Å². The summed E-state index contributed by atoms with van der Waals surface area (Å²) in [7, 11) is 0. The highest BCUT2D eigenvalue weighted by Gasteiger charge is 2.52. The molecule has 12 rings (SSSR count). The van der Waals surface area contributed by atoms with E-state index in [9.17, 15) is 0 Å². The second-order valence-corrected chi connectivity index (χ2v) is 17.2. The molecule has 0 saturated carbocycles. The van der Waals surface area contributed by atoms with Crippen LogP contribution in [0.1, 0.15) is 72.2 Å². The molecule has 0 nitrogen and oxygen atoms in total. The summed E-state index contributed by atoms with van der Waals surface area (Å²) in [6, 6.07) is 65.0. The van der Waals surface area contributed by atoms with Crippen molar-refractivity contribution in [1.29, 1.82) is 0 Å². The standard InChI is InChI=1S/C55H40/c1-53(2)45-23-9-5-17-39(45)43-21-13-19-35(51(43)53)33-27-29-41-37-15-7-11-25-47(37)55(49(41)31-33)48-26-12-8-16-38(48)42-30-28-34(32-50(42)55)36-20-14-22-44-40-18-6-10-24-46(40)54(3,4)52(36)44/h5-32H,1-4H3. The van der Waals surface area contributed by atoms with Crippen molar-refractivity contribution in [2.45, 2.75) is 43.9 Å². The Hall–Kier alpha value is -6.24. The second kappa shape index (κ2) is 10.5. The van der Waals surface area contributed by atoms with Gasteiger partial charge in [0.2, 0.25) is 0 Å². The number of hydrogen-bond donors (Lipinski definition) is 0. The van der Waals surface area contributed by atoms with Gasteiger partial charge in [-0.15, -0.1) is 0 Å². The molecule has 0 bridgehead atoms. The molecule has 55 heavy (non-hydrogen) atoms. The fourth-order valence-corrected chi connectivity index (χ4v) is 11.7. The Morgan fingerprint density at radius 3 is 0.982 bits per heavy atom. The molecule has 0 heteroatoms. The molecule has 8 aromatic rings. The van der Waals surface area contributed by atoms with E-state index < -0.39 is 5.41 Å². The molecule has 0 fully saturated rings. The van der Waals surface area contributed by atoms with Crippen molar-refractivity contribution in [3.63, 3.8) is 0 Å². The summed E-state index contributed by atoms with van der Waals surface area (Å²) in [6.07, 6.45) is 0. The first kappa shape index (κ1) is 31.1. The van der Waals surface area contributed by atoms with Crippen molar-refractivity contribution in [2.24, 2.45) is 0 Å². The minimum Gasteiger partial charge on any atom is -0.0619 e. The highest BCUT2D eigenvalue weighted by Crippen LogP contribution is 2.64. The SMILES string of the molecule is CC1(C)c2ccccc2-c2cccc(-c3ccc4c(c3)C3(c5ccccc5-4)c4ccccc4-c4ccc(-c5cccc6c5C(C)(C)c5ccccc5-6)cc43)c21. The van der Waals surface area contributed by atoms with Gasteiger partial charge >= 0.3 is 0 Å². The molecule has 0 atom stereocenters. The quantitative estimate of drug-likeness (QED) is 0.168. The molecule has 0 aliphatic heterocycles. The zero-order valence-electron chi connectivity index (χ0n) is 31.7. The summed E-state index contributed by atoms with van der Waals surface area (Å²) in [6.45, 7) is 9.60. The van der Waals surface area contributed by atoms with Gasteiger partial charge in [-0.1, -0.05) is 185 Å². The van der Waals surface area contributed by atoms with Crippen molar-refractivity contribution >= 4 is 0 Å². The highest BCUT2D eigenvalue weighted by molar-refractivity contribution is 5.98. The Bertz CT molecular complexity index is 2780. The van der Waals surface area contributed by atoms with Crippen molar-refractivity contribution in [2.75, 3.05) is 0 Å². The van der Waals surface area contributed by atoms with Gasteiger partial charge in [0.05, 0.1) is 5.41 Å². The summed E-state index contributed by atoms with van der Waals surface area (Å²) in [5.41, 5.74) is 26.5. The van der Waals surface area contributed by atoms with Crippen molar-refractivity contribution < 1.29 is 0 Å². The summed E-state index contributed by atoms with van der Waals surface area (Å²) in [5, 5.41) is 0. The van der Waals surface area contributed by atoms with Crippen LogP contribution < -0.4 is 0 Å². The molecule has 0 saturated heterocycles. The molecule has 8 aromatic carbocycles. The van der Waals surface area contributed by atoms with Crippen LogP contribution in [0.25, 0.3) is 66.8 Å². The predicted octanol–water partition coefficient (Wildman–Crippen LogP) is 14.0. The Balaban J connectivity index is 1.13. The average Bonchev–Trinajstić information content (AvgIpc) is 3.86. The van der Waals surface area contributed by atoms with E-state index in [1.54, 1.807) is 0 Å². The molecule has 0 N–H and O–H groups in total. The summed E-state index contributed by atoms with van der Waals surface area (Å²) in [4.78, 5) is 0. The van der Waals surface area contributed by atoms with Crippen LogP contribution in [0.5, 0.6) is 0 Å². The maximum absolute atomic E-state index is 2.56. The lowest BCUT2D eigenvalue weighted by Crippen LogP contribution is -2.26. The Morgan fingerprint density at radius 2 is 0.564 bits per heavy atom. The third-order valence-corrected chi connectivity index (χ3v) is 13.9. The molecule has 4 aliphatic rings. The van der Waals surface area contributed by atoms with Crippen LogP contribution in [0, 0.1) is 0 Å². The van der Waals surface area contributed by atoms with E-state index in [2.05, 4.69) is 198 Å². The number of hydrogen-bond acceptors (Lipinski definition) is 0. The van der Waals surface area contributed by atoms with Crippen LogP contribution in [0.15, 0.2) is 170 Å². The summed E-state index contributed by atoms with van der Waals surface area (Å²) in [5.74, 6) is 0. The second-order valence-electron chi connectivity index (χ2n) is 17.2. The molecular formula is C55H40. The lowest BCUT2D eigenvalue weighted by Gasteiger charge is -2.31. The van der Waals surface area contributed by atoms with Gasteiger partial charge in [-0.2, -0.15) is 0 Å². The van der Waals surface area contributed by atoms with Crippen molar-refractivity contribution in [3.8, 4) is 66.8 Å². The van der Waals surface area contributed by atoms with Crippen LogP contribution >= 0.6 is 0 Å². The normalized spacial score (nSPS) is 16.1. The van der Waals surface area contributed by atoms with Crippen LogP contribution in [0.3, 0.4) is 0 Å². The Morgan fingerprint density at radius 1 is 0.255 bits per heavy atom. The molecule has 0 unspecified atom stereocenters. The topological polar surface area (TPSA) is 0 Å². The first-order chi connectivity index (χ1) is 26.8. The van der Waals surface area contributed by atoms with Gasteiger partial charge in [0.1, 0.15) is 0 Å². The molecule has 0 aromatic heterocycles. The molecule has 0 heterocycles. The lowest BCUT2D eigenvalue weighted by atomic mass is 9.69. The minimum absolute atomic E-state index is 0.104. The maximum Gasteiger partial charge on any atom is 0.0725 e. The minimum atomic E-state index is -0.448. The van der Waals surface area contributed by atoms with Crippen LogP contribution in [0.2, 0.25) is 0 Å². The third-order valence-electron chi connectivity index (χ3n) is 13.9. The summed E-state index contributed by atoms with van der Waals surface area (Å²) >= 11 is 0. The summed E-state index contributed by atoms with van der Waals surface area (Å²) < 4.78 is 0. The third kappa shape index (κ3) is 3.73. The van der Waals surface area contributed by atoms with Crippen molar-refractivity contribution in [3.05, 3.63) is 214 Å². The fraction of sp³-hybridized carbons (Fsp3) is 0.127. The van der Waals surface area contributed by atoms with Gasteiger partial charge in [-0.25, -0.2) is 0 Å². The number of rotatable bonds is 2. The van der Waals surface area contributed by atoms with E-state index in [1.165, 1.54) is 111 Å². The van der Waals surface area contributed by atoms with Crippen LogP contribution in [-0.2, 0) is 16.2 Å². The lowest BCUT2D eigenvalue weighted by molar-refractivity contribution is 0.662. The van der Waals surface area contributed by atoms with Gasteiger partial charge in [0.15, 0.2) is 0 Å². The van der Waals surface area contributed by atoms with E-state index in [0.717, 1.165) is 0 Å². The molecule has 0 radical (unpaired) electrons. The molecule has 4 aliphatic carbocycles. The number of benzene rings is 8. The Labute approximate surface area is 323 Å². The average molecular weight is 701 g/mol. The van der Waals surface area contributed by atoms with Crippen LogP contribution in [0.4, 0.5) is 0 Å². The number of fused-ring (bicyclic) bond motifs is 16. The highest BCUT2D eigenvalue weighted by atomic mass is 14.5. The van der Waals surface area contributed by atoms with E-state index in [-0.39, 0.29) is 10.8 Å². The van der Waals surface area contributed by atoms with Gasteiger partial charge in [-0.05, 0) is 123 Å². The predicted molar refractivity (Wildman–Crippen MR) is 229 cm³/mol.